The standard InChI is InChI=1S/C10H9F5N4O/c11-9(12)3-4-19(5-9)8(20)16-7-2-1-6(17-18-7)10(13,14)15/h1-2H,3-5H2,(H,16,18,20). The zero-order valence-corrected chi connectivity index (χ0v) is 9.92. The van der Waals surface area contributed by atoms with E-state index in [0.29, 0.717) is 6.07 Å². The van der Waals surface area contributed by atoms with Gasteiger partial charge in [-0.25, -0.2) is 13.6 Å². The van der Waals surface area contributed by atoms with Crippen molar-refractivity contribution in [2.75, 3.05) is 18.4 Å². The number of rotatable bonds is 1. The van der Waals surface area contributed by atoms with Crippen LogP contribution in [0.1, 0.15) is 12.1 Å². The monoisotopic (exact) mass is 296 g/mol. The topological polar surface area (TPSA) is 58.1 Å². The highest BCUT2D eigenvalue weighted by Crippen LogP contribution is 2.28. The van der Waals surface area contributed by atoms with Crippen molar-refractivity contribution >= 4 is 11.8 Å². The SMILES string of the molecule is O=C(Nc1ccc(C(F)(F)F)nn1)N1CCC(F)(F)C1. The second-order valence-electron chi connectivity index (χ2n) is 4.26. The van der Waals surface area contributed by atoms with Crippen LogP contribution in [0.3, 0.4) is 0 Å². The van der Waals surface area contributed by atoms with Crippen molar-refractivity contribution in [3.8, 4) is 0 Å². The van der Waals surface area contributed by atoms with Crippen molar-refractivity contribution in [3.05, 3.63) is 17.8 Å². The predicted molar refractivity (Wildman–Crippen MR) is 57.2 cm³/mol. The van der Waals surface area contributed by atoms with Gasteiger partial charge in [-0.1, -0.05) is 0 Å². The van der Waals surface area contributed by atoms with E-state index >= 15 is 0 Å². The molecule has 1 aliphatic heterocycles. The molecular formula is C10H9F5N4O. The Kier molecular flexibility index (Phi) is 3.48. The maximum absolute atomic E-state index is 12.9. The molecule has 1 fully saturated rings. The third kappa shape index (κ3) is 3.31. The first-order valence-electron chi connectivity index (χ1n) is 5.52. The van der Waals surface area contributed by atoms with Gasteiger partial charge in [0.2, 0.25) is 0 Å². The van der Waals surface area contributed by atoms with Gasteiger partial charge < -0.3 is 4.90 Å². The first-order valence-corrected chi connectivity index (χ1v) is 5.52. The molecule has 10 heteroatoms. The van der Waals surface area contributed by atoms with E-state index in [0.717, 1.165) is 11.0 Å². The fourth-order valence-electron chi connectivity index (χ4n) is 1.65. The summed E-state index contributed by atoms with van der Waals surface area (Å²) in [5.74, 6) is -3.18. The van der Waals surface area contributed by atoms with E-state index in [1.54, 1.807) is 0 Å². The number of carbonyl (C=O) groups excluding carboxylic acids is 1. The van der Waals surface area contributed by atoms with Crippen LogP contribution >= 0.6 is 0 Å². The minimum absolute atomic E-state index is 0.132. The van der Waals surface area contributed by atoms with Crippen LogP contribution in [0.25, 0.3) is 0 Å². The molecule has 1 aliphatic rings. The number of aromatic nitrogens is 2. The highest BCUT2D eigenvalue weighted by Gasteiger charge is 2.40. The highest BCUT2D eigenvalue weighted by atomic mass is 19.4. The summed E-state index contributed by atoms with van der Waals surface area (Å²) in [5, 5.41) is 8.19. The number of hydrogen-bond donors (Lipinski definition) is 1. The Hall–Kier alpha value is -2.00. The van der Waals surface area contributed by atoms with Crippen molar-refractivity contribution in [1.82, 2.24) is 15.1 Å². The third-order valence-corrected chi connectivity index (χ3v) is 2.65. The molecule has 0 atom stereocenters. The summed E-state index contributed by atoms with van der Waals surface area (Å²) in [7, 11) is 0. The van der Waals surface area contributed by atoms with Crippen LogP contribution in [-0.2, 0) is 6.18 Å². The lowest BCUT2D eigenvalue weighted by Gasteiger charge is -2.16. The largest absolute Gasteiger partial charge is 0.435 e. The normalized spacial score (nSPS) is 18.1. The van der Waals surface area contributed by atoms with E-state index in [4.69, 9.17) is 0 Å². The first-order chi connectivity index (χ1) is 9.17. The molecule has 0 bridgehead atoms. The lowest BCUT2D eigenvalue weighted by Crippen LogP contribution is -2.35. The van der Waals surface area contributed by atoms with Crippen molar-refractivity contribution in [1.29, 1.82) is 0 Å². The molecule has 1 aromatic heterocycles. The van der Waals surface area contributed by atoms with E-state index in [-0.39, 0.29) is 12.4 Å². The van der Waals surface area contributed by atoms with Crippen LogP contribution in [-0.4, -0.2) is 40.1 Å². The highest BCUT2D eigenvalue weighted by molar-refractivity contribution is 5.88. The molecule has 110 valence electrons. The number of anilines is 1. The Bertz CT molecular complexity index is 501. The molecule has 1 aromatic rings. The maximum atomic E-state index is 12.9. The zero-order chi connectivity index (χ0) is 15.0. The van der Waals surface area contributed by atoms with Gasteiger partial charge in [0.25, 0.3) is 5.92 Å². The number of nitrogens with zero attached hydrogens (tertiary/aromatic N) is 3. The Morgan fingerprint density at radius 2 is 2.00 bits per heavy atom. The first kappa shape index (κ1) is 14.4. The van der Waals surface area contributed by atoms with Crippen molar-refractivity contribution in [2.45, 2.75) is 18.5 Å². The lowest BCUT2D eigenvalue weighted by molar-refractivity contribution is -0.141. The van der Waals surface area contributed by atoms with E-state index < -0.39 is 36.8 Å². The van der Waals surface area contributed by atoms with Gasteiger partial charge in [0.05, 0.1) is 6.54 Å². The number of hydrogen-bond acceptors (Lipinski definition) is 3. The molecule has 20 heavy (non-hydrogen) atoms. The number of amides is 2. The molecule has 0 spiro atoms. The Balaban J connectivity index is 1.99. The van der Waals surface area contributed by atoms with Gasteiger partial charge in [-0.3, -0.25) is 5.32 Å². The molecular weight excluding hydrogens is 287 g/mol. The summed E-state index contributed by atoms with van der Waals surface area (Å²) in [4.78, 5) is 12.4. The average molecular weight is 296 g/mol. The molecule has 0 unspecified atom stereocenters. The molecule has 0 aromatic carbocycles. The molecule has 0 saturated carbocycles. The van der Waals surface area contributed by atoms with Crippen LogP contribution in [0.4, 0.5) is 32.6 Å². The van der Waals surface area contributed by atoms with Gasteiger partial charge in [0.15, 0.2) is 11.5 Å². The van der Waals surface area contributed by atoms with E-state index in [9.17, 15) is 26.7 Å². The number of alkyl halides is 5. The number of carbonyl (C=O) groups is 1. The van der Waals surface area contributed by atoms with E-state index in [1.165, 1.54) is 0 Å². The summed E-state index contributed by atoms with van der Waals surface area (Å²) < 4.78 is 62.5. The fraction of sp³-hybridized carbons (Fsp3) is 0.500. The molecule has 2 amide bonds. The Morgan fingerprint density at radius 3 is 2.45 bits per heavy atom. The Morgan fingerprint density at radius 1 is 1.30 bits per heavy atom. The number of nitrogens with one attached hydrogen (secondary N) is 1. The fourth-order valence-corrected chi connectivity index (χ4v) is 1.65. The van der Waals surface area contributed by atoms with Gasteiger partial charge in [-0.2, -0.15) is 13.2 Å². The van der Waals surface area contributed by atoms with Gasteiger partial charge in [-0.05, 0) is 12.1 Å². The van der Waals surface area contributed by atoms with E-state index in [1.807, 2.05) is 0 Å². The molecule has 0 aliphatic carbocycles. The summed E-state index contributed by atoms with van der Waals surface area (Å²) in [5.41, 5.74) is -1.21. The molecule has 2 heterocycles. The van der Waals surface area contributed by atoms with Gasteiger partial charge in [-0.15, -0.1) is 10.2 Å². The molecule has 1 N–H and O–H groups in total. The number of halogens is 5. The maximum Gasteiger partial charge on any atom is 0.435 e. The summed E-state index contributed by atoms with van der Waals surface area (Å²) in [6.07, 6.45) is -5.08. The smallest absolute Gasteiger partial charge is 0.318 e. The average Bonchev–Trinajstić information content (AvgIpc) is 2.69. The van der Waals surface area contributed by atoms with Gasteiger partial charge in [0.1, 0.15) is 0 Å². The number of likely N-dealkylation sites (tertiary alicyclic amines) is 1. The van der Waals surface area contributed by atoms with Crippen LogP contribution in [0.15, 0.2) is 12.1 Å². The second-order valence-corrected chi connectivity index (χ2v) is 4.26. The zero-order valence-electron chi connectivity index (χ0n) is 9.92. The van der Waals surface area contributed by atoms with Crippen molar-refractivity contribution < 1.29 is 26.7 Å². The lowest BCUT2D eigenvalue weighted by atomic mass is 10.3. The third-order valence-electron chi connectivity index (χ3n) is 2.65. The minimum Gasteiger partial charge on any atom is -0.318 e. The van der Waals surface area contributed by atoms with Crippen LogP contribution in [0.5, 0.6) is 0 Å². The van der Waals surface area contributed by atoms with Crippen LogP contribution in [0.2, 0.25) is 0 Å². The predicted octanol–water partition coefficient (Wildman–Crippen LogP) is 2.37. The molecule has 2 rings (SSSR count). The van der Waals surface area contributed by atoms with Crippen molar-refractivity contribution in [2.24, 2.45) is 0 Å². The summed E-state index contributed by atoms with van der Waals surface area (Å²) >= 11 is 0. The summed E-state index contributed by atoms with van der Waals surface area (Å²) in [6.45, 7) is -0.861. The quantitative estimate of drug-likeness (QED) is 0.809. The molecule has 1 saturated heterocycles. The van der Waals surface area contributed by atoms with Crippen LogP contribution < -0.4 is 5.32 Å². The summed E-state index contributed by atoms with van der Waals surface area (Å²) in [6, 6.07) is 0.694. The van der Waals surface area contributed by atoms with E-state index in [2.05, 4.69) is 15.5 Å². The second kappa shape index (κ2) is 4.84. The van der Waals surface area contributed by atoms with Crippen molar-refractivity contribution in [3.63, 3.8) is 0 Å². The Labute approximate surface area is 109 Å². The van der Waals surface area contributed by atoms with Gasteiger partial charge in [0, 0.05) is 13.0 Å². The molecule has 0 radical (unpaired) electrons. The van der Waals surface area contributed by atoms with Crippen LogP contribution in [0, 0.1) is 0 Å². The molecule has 5 nitrogen and oxygen atoms in total. The minimum atomic E-state index is -4.63. The number of urea groups is 1. The van der Waals surface area contributed by atoms with Gasteiger partial charge >= 0.3 is 12.2 Å².